The van der Waals surface area contributed by atoms with E-state index in [9.17, 15) is 14.0 Å². The molecule has 0 spiro atoms. The third kappa shape index (κ3) is 4.65. The van der Waals surface area contributed by atoms with E-state index in [0.29, 0.717) is 0 Å². The first-order chi connectivity index (χ1) is 11.4. The topological polar surface area (TPSA) is 55.4 Å². The van der Waals surface area contributed by atoms with E-state index >= 15 is 0 Å². The molecule has 2 aromatic carbocycles. The average Bonchev–Trinajstić information content (AvgIpc) is 2.55. The Kier molecular flexibility index (Phi) is 5.68. The number of benzene rings is 2. The lowest BCUT2D eigenvalue weighted by molar-refractivity contribution is -0.124. The first kappa shape index (κ1) is 17.7. The quantitative estimate of drug-likeness (QED) is 0.855. The summed E-state index contributed by atoms with van der Waals surface area (Å²) >= 11 is 0. The van der Waals surface area contributed by atoms with Crippen LogP contribution < -0.4 is 5.32 Å². The van der Waals surface area contributed by atoms with Gasteiger partial charge in [0.15, 0.2) is 6.61 Å². The molecule has 2 rings (SSSR count). The zero-order chi connectivity index (χ0) is 17.7. The summed E-state index contributed by atoms with van der Waals surface area (Å²) in [6.07, 6.45) is 0. The number of esters is 1. The van der Waals surface area contributed by atoms with Crippen molar-refractivity contribution in [3.8, 4) is 0 Å². The molecule has 0 bridgehead atoms. The minimum atomic E-state index is -0.733. The van der Waals surface area contributed by atoms with Crippen molar-refractivity contribution in [3.63, 3.8) is 0 Å². The molecule has 1 atom stereocenters. The highest BCUT2D eigenvalue weighted by Crippen LogP contribution is 2.16. The number of hydrogen-bond donors (Lipinski definition) is 1. The maximum absolute atomic E-state index is 13.1. The minimum Gasteiger partial charge on any atom is -0.452 e. The van der Waals surface area contributed by atoms with Crippen LogP contribution in [0.4, 0.5) is 4.39 Å². The predicted molar refractivity (Wildman–Crippen MR) is 89.2 cm³/mol. The van der Waals surface area contributed by atoms with Crippen molar-refractivity contribution in [1.29, 1.82) is 0 Å². The SMILES string of the molecule is Cc1ccc([C@H](C)NC(=O)COC(=O)c2cccc(F)c2)cc1C. The smallest absolute Gasteiger partial charge is 0.338 e. The lowest BCUT2D eigenvalue weighted by atomic mass is 10.0. The maximum atomic E-state index is 13.1. The van der Waals surface area contributed by atoms with Crippen molar-refractivity contribution in [3.05, 3.63) is 70.5 Å². The summed E-state index contributed by atoms with van der Waals surface area (Å²) in [4.78, 5) is 23.7. The van der Waals surface area contributed by atoms with Gasteiger partial charge in [-0.05, 0) is 55.7 Å². The molecular weight excluding hydrogens is 309 g/mol. The number of aryl methyl sites for hydroxylation is 2. The van der Waals surface area contributed by atoms with Gasteiger partial charge in [0.1, 0.15) is 5.82 Å². The molecule has 0 aliphatic rings. The lowest BCUT2D eigenvalue weighted by Gasteiger charge is -2.15. The Morgan fingerprint density at radius 2 is 1.88 bits per heavy atom. The third-order valence-corrected chi connectivity index (χ3v) is 3.80. The van der Waals surface area contributed by atoms with E-state index in [0.717, 1.165) is 17.2 Å². The number of nitrogens with one attached hydrogen (secondary N) is 1. The van der Waals surface area contributed by atoms with Gasteiger partial charge < -0.3 is 10.1 Å². The molecule has 0 unspecified atom stereocenters. The highest BCUT2D eigenvalue weighted by atomic mass is 19.1. The van der Waals surface area contributed by atoms with Gasteiger partial charge in [-0.2, -0.15) is 0 Å². The second-order valence-electron chi connectivity index (χ2n) is 5.72. The van der Waals surface area contributed by atoms with Gasteiger partial charge in [0, 0.05) is 0 Å². The van der Waals surface area contributed by atoms with Gasteiger partial charge in [0.05, 0.1) is 11.6 Å². The Labute approximate surface area is 140 Å². The summed E-state index contributed by atoms with van der Waals surface area (Å²) in [7, 11) is 0. The van der Waals surface area contributed by atoms with Crippen LogP contribution in [0.2, 0.25) is 0 Å². The summed E-state index contributed by atoms with van der Waals surface area (Å²) in [5, 5.41) is 2.77. The fourth-order valence-corrected chi connectivity index (χ4v) is 2.23. The van der Waals surface area contributed by atoms with E-state index in [1.165, 1.54) is 23.8 Å². The van der Waals surface area contributed by atoms with Crippen LogP contribution in [0.1, 0.15) is 40.0 Å². The number of hydrogen-bond acceptors (Lipinski definition) is 3. The Morgan fingerprint density at radius 1 is 1.12 bits per heavy atom. The van der Waals surface area contributed by atoms with Crippen molar-refractivity contribution in [2.24, 2.45) is 0 Å². The number of halogens is 1. The van der Waals surface area contributed by atoms with Gasteiger partial charge in [0.2, 0.25) is 0 Å². The van der Waals surface area contributed by atoms with Crippen molar-refractivity contribution in [2.45, 2.75) is 26.8 Å². The summed E-state index contributed by atoms with van der Waals surface area (Å²) in [6.45, 7) is 5.48. The Balaban J connectivity index is 1.88. The molecule has 5 heteroatoms. The highest BCUT2D eigenvalue weighted by Gasteiger charge is 2.14. The molecule has 1 N–H and O–H groups in total. The normalized spacial score (nSPS) is 11.7. The monoisotopic (exact) mass is 329 g/mol. The molecule has 2 aromatic rings. The summed E-state index contributed by atoms with van der Waals surface area (Å²) in [5.41, 5.74) is 3.38. The Morgan fingerprint density at radius 3 is 2.54 bits per heavy atom. The van der Waals surface area contributed by atoms with Crippen LogP contribution in [0.25, 0.3) is 0 Å². The number of rotatable bonds is 5. The standard InChI is InChI=1S/C19H20FNO3/c1-12-7-8-15(9-13(12)2)14(3)21-18(22)11-24-19(23)16-5-4-6-17(20)10-16/h4-10,14H,11H2,1-3H3,(H,21,22)/t14-/m0/s1. The first-order valence-electron chi connectivity index (χ1n) is 7.66. The summed E-state index contributed by atoms with van der Waals surface area (Å²) in [5.74, 6) is -1.67. The van der Waals surface area contributed by atoms with Gasteiger partial charge in [0.25, 0.3) is 5.91 Å². The second-order valence-corrected chi connectivity index (χ2v) is 5.72. The van der Waals surface area contributed by atoms with Crippen LogP contribution in [0.15, 0.2) is 42.5 Å². The van der Waals surface area contributed by atoms with Gasteiger partial charge in [-0.15, -0.1) is 0 Å². The molecule has 0 heterocycles. The molecule has 0 radical (unpaired) electrons. The zero-order valence-corrected chi connectivity index (χ0v) is 13.9. The summed E-state index contributed by atoms with van der Waals surface area (Å²) in [6, 6.07) is 10.9. The van der Waals surface area contributed by atoms with Crippen LogP contribution in [0.3, 0.4) is 0 Å². The van der Waals surface area contributed by atoms with Crippen LogP contribution in [0, 0.1) is 19.7 Å². The van der Waals surface area contributed by atoms with Crippen molar-refractivity contribution >= 4 is 11.9 Å². The lowest BCUT2D eigenvalue weighted by Crippen LogP contribution is -2.31. The van der Waals surface area contributed by atoms with Gasteiger partial charge in [-0.1, -0.05) is 24.3 Å². The van der Waals surface area contributed by atoms with Gasteiger partial charge in [-0.25, -0.2) is 9.18 Å². The Bertz CT molecular complexity index is 758. The molecule has 0 saturated carbocycles. The maximum Gasteiger partial charge on any atom is 0.338 e. The fourth-order valence-electron chi connectivity index (χ4n) is 2.23. The van der Waals surface area contributed by atoms with E-state index in [1.807, 2.05) is 39.0 Å². The van der Waals surface area contributed by atoms with Crippen molar-refractivity contribution < 1.29 is 18.7 Å². The average molecular weight is 329 g/mol. The molecule has 24 heavy (non-hydrogen) atoms. The molecule has 4 nitrogen and oxygen atoms in total. The molecule has 0 saturated heterocycles. The van der Waals surface area contributed by atoms with E-state index in [1.54, 1.807) is 0 Å². The first-order valence-corrected chi connectivity index (χ1v) is 7.66. The van der Waals surface area contributed by atoms with E-state index in [2.05, 4.69) is 5.32 Å². The molecule has 0 aliphatic carbocycles. The Hall–Kier alpha value is -2.69. The second kappa shape index (κ2) is 7.73. The third-order valence-electron chi connectivity index (χ3n) is 3.80. The van der Waals surface area contributed by atoms with Crippen LogP contribution in [-0.4, -0.2) is 18.5 Å². The van der Waals surface area contributed by atoms with Crippen LogP contribution in [-0.2, 0) is 9.53 Å². The number of amides is 1. The van der Waals surface area contributed by atoms with E-state index in [-0.39, 0.29) is 11.6 Å². The number of carbonyl (C=O) groups is 2. The molecule has 0 aliphatic heterocycles. The van der Waals surface area contributed by atoms with Crippen LogP contribution in [0.5, 0.6) is 0 Å². The highest BCUT2D eigenvalue weighted by molar-refractivity contribution is 5.91. The zero-order valence-electron chi connectivity index (χ0n) is 13.9. The van der Waals surface area contributed by atoms with Gasteiger partial charge >= 0.3 is 5.97 Å². The van der Waals surface area contributed by atoms with E-state index in [4.69, 9.17) is 4.74 Å². The fraction of sp³-hybridized carbons (Fsp3) is 0.263. The molecule has 1 amide bonds. The number of carbonyl (C=O) groups excluding carboxylic acids is 2. The summed E-state index contributed by atoms with van der Waals surface area (Å²) < 4.78 is 18.0. The van der Waals surface area contributed by atoms with Crippen LogP contribution >= 0.6 is 0 Å². The molecular formula is C19H20FNO3. The van der Waals surface area contributed by atoms with Gasteiger partial charge in [-0.3, -0.25) is 4.79 Å². The van der Waals surface area contributed by atoms with Crippen molar-refractivity contribution in [2.75, 3.05) is 6.61 Å². The van der Waals surface area contributed by atoms with E-state index < -0.39 is 24.3 Å². The van der Waals surface area contributed by atoms with Crippen molar-refractivity contribution in [1.82, 2.24) is 5.32 Å². The molecule has 0 fully saturated rings. The largest absolute Gasteiger partial charge is 0.452 e. The minimum absolute atomic E-state index is 0.0741. The predicted octanol–water partition coefficient (Wildman–Crippen LogP) is 3.48. The molecule has 126 valence electrons. The molecule has 0 aromatic heterocycles. The number of ether oxygens (including phenoxy) is 1.